The lowest BCUT2D eigenvalue weighted by molar-refractivity contribution is 0.416. The van der Waals surface area contributed by atoms with E-state index in [1.54, 1.807) is 0 Å². The number of para-hydroxylation sites is 2. The van der Waals surface area contributed by atoms with E-state index in [1.807, 2.05) is 30.6 Å². The Kier molecular flexibility index (Phi) is 8.61. The van der Waals surface area contributed by atoms with E-state index >= 15 is 0 Å². The van der Waals surface area contributed by atoms with Crippen LogP contribution >= 0.6 is 0 Å². The molecule has 1 atom stereocenters. The van der Waals surface area contributed by atoms with Gasteiger partial charge in [-0.1, -0.05) is 140 Å². The number of hydrogen-bond acceptors (Lipinski definition) is 5. The molecule has 5 nitrogen and oxygen atoms in total. The fraction of sp³-hybridized carbons (Fsp3) is 0.0870. The van der Waals surface area contributed by atoms with Gasteiger partial charge in [-0.25, -0.2) is 9.98 Å². The molecule has 0 N–H and O–H groups in total. The van der Waals surface area contributed by atoms with Gasteiger partial charge in [-0.2, -0.15) is 0 Å². The van der Waals surface area contributed by atoms with Gasteiger partial charge in [0.05, 0.1) is 11.0 Å². The van der Waals surface area contributed by atoms with E-state index in [1.165, 1.54) is 11.1 Å². The number of nitrogens with zero attached hydrogens (tertiary/aromatic N) is 5. The second kappa shape index (κ2) is 13.8. The Labute approximate surface area is 298 Å². The van der Waals surface area contributed by atoms with E-state index in [2.05, 4.69) is 169 Å². The number of likely N-dealkylation sites (N-methyl/N-ethyl adjacent to an activating group) is 1. The van der Waals surface area contributed by atoms with Crippen LogP contribution in [-0.2, 0) is 0 Å². The molecular weight excluding hydrogens is 623 g/mol. The van der Waals surface area contributed by atoms with Crippen LogP contribution in [0.5, 0.6) is 0 Å². The number of aromatic nitrogens is 2. The Morgan fingerprint density at radius 2 is 1.08 bits per heavy atom. The SMILES string of the molecule is C/C(=C\C=C(/C)C1N=C(c2ccc(-c3cccc4cccnc34)cc2)N=C(c2ccc(-c3cccc4cccnc34)cc2)N1C)c1ccccc1. The van der Waals surface area contributed by atoms with Gasteiger partial charge in [-0.15, -0.1) is 0 Å². The molecule has 0 bridgehead atoms. The number of benzene rings is 5. The van der Waals surface area contributed by atoms with Crippen molar-refractivity contribution in [1.29, 1.82) is 0 Å². The zero-order valence-electron chi connectivity index (χ0n) is 28.9. The van der Waals surface area contributed by atoms with Crippen LogP contribution in [-0.4, -0.2) is 39.8 Å². The molecule has 0 amide bonds. The highest BCUT2D eigenvalue weighted by Gasteiger charge is 2.26. The Bertz CT molecular complexity index is 2480. The number of fused-ring (bicyclic) bond motifs is 2. The van der Waals surface area contributed by atoms with Gasteiger partial charge in [0.1, 0.15) is 12.0 Å². The van der Waals surface area contributed by atoms with Crippen LogP contribution < -0.4 is 0 Å². The molecule has 0 fully saturated rings. The topological polar surface area (TPSA) is 53.7 Å². The zero-order chi connectivity index (χ0) is 34.7. The summed E-state index contributed by atoms with van der Waals surface area (Å²) in [5.74, 6) is 1.57. The summed E-state index contributed by atoms with van der Waals surface area (Å²) in [6, 6.07) is 48.4. The molecule has 1 unspecified atom stereocenters. The third-order valence-corrected chi connectivity index (χ3v) is 9.56. The van der Waals surface area contributed by atoms with Gasteiger partial charge in [0, 0.05) is 52.5 Å². The Hall–Kier alpha value is -6.46. The van der Waals surface area contributed by atoms with E-state index in [0.29, 0.717) is 5.84 Å². The molecule has 5 aromatic carbocycles. The molecule has 2 aromatic heterocycles. The van der Waals surface area contributed by atoms with Crippen molar-refractivity contribution in [3.05, 3.63) is 186 Å². The fourth-order valence-corrected chi connectivity index (χ4v) is 6.75. The van der Waals surface area contributed by atoms with Crippen molar-refractivity contribution in [1.82, 2.24) is 14.9 Å². The average Bonchev–Trinajstić information content (AvgIpc) is 3.20. The van der Waals surface area contributed by atoms with Crippen LogP contribution in [0.15, 0.2) is 180 Å². The molecule has 246 valence electrons. The summed E-state index contributed by atoms with van der Waals surface area (Å²) in [6.45, 7) is 4.29. The largest absolute Gasteiger partial charge is 0.334 e. The highest BCUT2D eigenvalue weighted by Crippen LogP contribution is 2.31. The summed E-state index contributed by atoms with van der Waals surface area (Å²) in [6.07, 6.45) is 7.82. The second-order valence-corrected chi connectivity index (χ2v) is 12.9. The van der Waals surface area contributed by atoms with Crippen molar-refractivity contribution in [2.45, 2.75) is 20.0 Å². The maximum Gasteiger partial charge on any atom is 0.159 e. The Morgan fingerprint density at radius 1 is 0.549 bits per heavy atom. The third kappa shape index (κ3) is 6.38. The average molecular weight is 660 g/mol. The molecule has 7 aromatic rings. The van der Waals surface area contributed by atoms with Gasteiger partial charge in [-0.3, -0.25) is 9.97 Å². The molecular formula is C46H37N5. The number of allylic oxidation sites excluding steroid dienone is 3. The van der Waals surface area contributed by atoms with Gasteiger partial charge >= 0.3 is 0 Å². The lowest BCUT2D eigenvalue weighted by atomic mass is 9.99. The first kappa shape index (κ1) is 31.8. The summed E-state index contributed by atoms with van der Waals surface area (Å²) in [4.78, 5) is 22.0. The number of rotatable bonds is 7. The lowest BCUT2D eigenvalue weighted by Gasteiger charge is -2.33. The summed E-state index contributed by atoms with van der Waals surface area (Å²) in [7, 11) is 2.08. The number of aliphatic imine (C=N–C) groups is 2. The minimum Gasteiger partial charge on any atom is -0.334 e. The maximum absolute atomic E-state index is 5.25. The van der Waals surface area contributed by atoms with E-state index in [-0.39, 0.29) is 6.17 Å². The van der Waals surface area contributed by atoms with Crippen LogP contribution in [0.25, 0.3) is 49.6 Å². The van der Waals surface area contributed by atoms with E-state index in [4.69, 9.17) is 9.98 Å². The van der Waals surface area contributed by atoms with E-state index in [9.17, 15) is 0 Å². The number of hydrogen-bond donors (Lipinski definition) is 0. The van der Waals surface area contributed by atoms with Crippen LogP contribution in [0.2, 0.25) is 0 Å². The molecule has 0 spiro atoms. The smallest absolute Gasteiger partial charge is 0.159 e. The van der Waals surface area contributed by atoms with Crippen molar-refractivity contribution in [3.63, 3.8) is 0 Å². The molecule has 0 aliphatic carbocycles. The summed E-state index contributed by atoms with van der Waals surface area (Å²) < 4.78 is 0. The first-order chi connectivity index (χ1) is 25.0. The van der Waals surface area contributed by atoms with Gasteiger partial charge < -0.3 is 4.90 Å². The molecule has 1 aliphatic rings. The van der Waals surface area contributed by atoms with Gasteiger partial charge in [0.15, 0.2) is 5.84 Å². The highest BCUT2D eigenvalue weighted by atomic mass is 15.3. The van der Waals surface area contributed by atoms with Crippen molar-refractivity contribution < 1.29 is 0 Å². The van der Waals surface area contributed by atoms with E-state index in [0.717, 1.165) is 66.6 Å². The molecule has 5 heteroatoms. The molecule has 0 saturated heterocycles. The summed E-state index contributed by atoms with van der Waals surface area (Å²) in [5, 5.41) is 2.25. The normalized spacial score (nSPS) is 15.2. The predicted molar refractivity (Wildman–Crippen MR) is 213 cm³/mol. The Morgan fingerprint density at radius 3 is 1.67 bits per heavy atom. The number of amidine groups is 2. The first-order valence-electron chi connectivity index (χ1n) is 17.2. The maximum atomic E-state index is 5.25. The Balaban J connectivity index is 1.17. The quantitative estimate of drug-likeness (QED) is 0.160. The van der Waals surface area contributed by atoms with Crippen molar-refractivity contribution in [2.24, 2.45) is 9.98 Å². The lowest BCUT2D eigenvalue weighted by Crippen LogP contribution is -2.41. The van der Waals surface area contributed by atoms with Gasteiger partial charge in [0.2, 0.25) is 0 Å². The molecule has 1 aliphatic heterocycles. The van der Waals surface area contributed by atoms with E-state index < -0.39 is 0 Å². The van der Waals surface area contributed by atoms with Crippen LogP contribution in [0.4, 0.5) is 0 Å². The summed E-state index contributed by atoms with van der Waals surface area (Å²) in [5.41, 5.74) is 11.9. The minimum atomic E-state index is -0.240. The second-order valence-electron chi connectivity index (χ2n) is 12.9. The van der Waals surface area contributed by atoms with Crippen LogP contribution in [0.1, 0.15) is 30.5 Å². The predicted octanol–water partition coefficient (Wildman–Crippen LogP) is 10.6. The minimum absolute atomic E-state index is 0.240. The van der Waals surface area contributed by atoms with Crippen LogP contribution in [0.3, 0.4) is 0 Å². The third-order valence-electron chi connectivity index (χ3n) is 9.56. The fourth-order valence-electron chi connectivity index (χ4n) is 6.75. The molecule has 51 heavy (non-hydrogen) atoms. The first-order valence-corrected chi connectivity index (χ1v) is 17.2. The standard InChI is InChI=1S/C46H37N5/c1-31(33-11-5-4-6-12-33)19-20-32(2)45-49-44(38-25-21-34(22-26-38)40-17-7-13-36-15-9-29-47-42(36)40)50-46(51(45)3)39-27-23-35(24-28-39)41-18-8-14-37-16-10-30-48-43(37)41/h4-30,45H,1-3H3/b31-19+,32-20+. The van der Waals surface area contributed by atoms with Gasteiger partial charge in [0.25, 0.3) is 0 Å². The van der Waals surface area contributed by atoms with Crippen molar-refractivity contribution in [2.75, 3.05) is 7.05 Å². The highest BCUT2D eigenvalue weighted by molar-refractivity contribution is 6.13. The molecule has 0 saturated carbocycles. The van der Waals surface area contributed by atoms with Gasteiger partial charge in [-0.05, 0) is 53.8 Å². The van der Waals surface area contributed by atoms with Crippen molar-refractivity contribution >= 4 is 39.1 Å². The summed E-state index contributed by atoms with van der Waals surface area (Å²) >= 11 is 0. The van der Waals surface area contributed by atoms with Crippen LogP contribution in [0, 0.1) is 0 Å². The van der Waals surface area contributed by atoms with Crippen molar-refractivity contribution in [3.8, 4) is 22.3 Å². The molecule has 8 rings (SSSR count). The zero-order valence-corrected chi connectivity index (χ0v) is 28.9. The monoisotopic (exact) mass is 659 g/mol. The molecule has 0 radical (unpaired) electrons. The molecule has 3 heterocycles. The number of pyridine rings is 2.